The second-order valence-corrected chi connectivity index (χ2v) is 5.43. The molecule has 2 nitrogen and oxygen atoms in total. The summed E-state index contributed by atoms with van der Waals surface area (Å²) in [6.07, 6.45) is 2.41. The molecule has 1 aromatic carbocycles. The first-order valence-electron chi connectivity index (χ1n) is 4.98. The number of ether oxygens (including phenoxy) is 1. The minimum absolute atomic E-state index is 0.425. The number of methoxy groups -OCH3 is 1. The Morgan fingerprint density at radius 3 is 2.80 bits per heavy atom. The Bertz CT molecular complexity index is 362. The smallest absolute Gasteiger partial charge is 0.137 e. The van der Waals surface area contributed by atoms with Gasteiger partial charge in [0.1, 0.15) is 5.75 Å². The quantitative estimate of drug-likeness (QED) is 0.891. The fourth-order valence-electron chi connectivity index (χ4n) is 2.00. The van der Waals surface area contributed by atoms with Gasteiger partial charge < -0.3 is 10.1 Å². The van der Waals surface area contributed by atoms with Gasteiger partial charge in [-0.3, -0.25) is 0 Å². The Hall–Kier alpha value is -0.0600. The molecule has 1 fully saturated rings. The highest BCUT2D eigenvalue weighted by atomic mass is 79.9. The lowest BCUT2D eigenvalue weighted by atomic mass is 10.0. The lowest BCUT2D eigenvalue weighted by molar-refractivity contribution is 0.400. The molecule has 15 heavy (non-hydrogen) atoms. The van der Waals surface area contributed by atoms with E-state index in [9.17, 15) is 0 Å². The van der Waals surface area contributed by atoms with Crippen molar-refractivity contribution in [3.63, 3.8) is 0 Å². The van der Waals surface area contributed by atoms with E-state index in [2.05, 4.69) is 43.2 Å². The van der Waals surface area contributed by atoms with Crippen LogP contribution in [-0.4, -0.2) is 13.7 Å². The van der Waals surface area contributed by atoms with Gasteiger partial charge in [-0.05, 0) is 47.4 Å². The van der Waals surface area contributed by atoms with E-state index in [1.165, 1.54) is 18.4 Å². The van der Waals surface area contributed by atoms with E-state index in [0.717, 1.165) is 21.2 Å². The van der Waals surface area contributed by atoms with Crippen molar-refractivity contribution in [1.29, 1.82) is 0 Å². The molecule has 0 saturated carbocycles. The highest BCUT2D eigenvalue weighted by Crippen LogP contribution is 2.38. The molecule has 0 bridgehead atoms. The summed E-state index contributed by atoms with van der Waals surface area (Å²) in [5.41, 5.74) is 1.23. The summed E-state index contributed by atoms with van der Waals surface area (Å²) >= 11 is 7.03. The molecule has 2 rings (SSSR count). The third-order valence-electron chi connectivity index (χ3n) is 2.68. The van der Waals surface area contributed by atoms with Gasteiger partial charge in [-0.1, -0.05) is 15.9 Å². The highest BCUT2D eigenvalue weighted by molar-refractivity contribution is 9.11. The summed E-state index contributed by atoms with van der Waals surface area (Å²) in [5, 5.41) is 3.48. The third kappa shape index (κ3) is 2.37. The Labute approximate surface area is 107 Å². The third-order valence-corrected chi connectivity index (χ3v) is 3.72. The number of benzene rings is 1. The molecule has 1 aromatic rings. The molecule has 1 heterocycles. The number of hydrogen-bond donors (Lipinski definition) is 1. The molecule has 0 aromatic heterocycles. The Morgan fingerprint density at radius 1 is 1.40 bits per heavy atom. The maximum Gasteiger partial charge on any atom is 0.137 e. The number of hydrogen-bond acceptors (Lipinski definition) is 2. The number of rotatable bonds is 2. The van der Waals surface area contributed by atoms with Gasteiger partial charge in [-0.25, -0.2) is 0 Å². The van der Waals surface area contributed by atoms with Crippen LogP contribution in [0.2, 0.25) is 0 Å². The van der Waals surface area contributed by atoms with Gasteiger partial charge in [-0.2, -0.15) is 0 Å². The fraction of sp³-hybridized carbons (Fsp3) is 0.455. The molecule has 1 aliphatic rings. The average Bonchev–Trinajstić information content (AvgIpc) is 2.69. The van der Waals surface area contributed by atoms with E-state index in [0.29, 0.717) is 6.04 Å². The standard InChI is InChI=1S/C11H13Br2NO/c1-15-11-8(10-3-2-4-14-10)5-7(12)6-9(11)13/h5-6,10,14H,2-4H2,1H3/t10-/m1/s1. The molecule has 0 amide bonds. The summed E-state index contributed by atoms with van der Waals surface area (Å²) in [6.45, 7) is 1.10. The maximum absolute atomic E-state index is 5.44. The highest BCUT2D eigenvalue weighted by Gasteiger charge is 2.21. The SMILES string of the molecule is COc1c(Br)cc(Br)cc1[C@H]1CCCN1. The first-order valence-corrected chi connectivity index (χ1v) is 6.57. The topological polar surface area (TPSA) is 21.3 Å². The van der Waals surface area contributed by atoms with Crippen molar-refractivity contribution in [3.8, 4) is 5.75 Å². The second kappa shape index (κ2) is 4.85. The van der Waals surface area contributed by atoms with Crippen LogP contribution < -0.4 is 10.1 Å². The van der Waals surface area contributed by atoms with Crippen molar-refractivity contribution in [2.45, 2.75) is 18.9 Å². The number of halogens is 2. The first-order chi connectivity index (χ1) is 7.22. The van der Waals surface area contributed by atoms with Crippen LogP contribution in [0.4, 0.5) is 0 Å². The molecular formula is C11H13Br2NO. The monoisotopic (exact) mass is 333 g/mol. The molecule has 1 N–H and O–H groups in total. The van der Waals surface area contributed by atoms with Crippen LogP contribution in [0.15, 0.2) is 21.1 Å². The molecule has 0 spiro atoms. The van der Waals surface area contributed by atoms with E-state index in [-0.39, 0.29) is 0 Å². The van der Waals surface area contributed by atoms with Crippen LogP contribution >= 0.6 is 31.9 Å². The van der Waals surface area contributed by atoms with Gasteiger partial charge in [-0.15, -0.1) is 0 Å². The van der Waals surface area contributed by atoms with Crippen molar-refractivity contribution in [3.05, 3.63) is 26.6 Å². The van der Waals surface area contributed by atoms with Crippen LogP contribution in [0.5, 0.6) is 5.75 Å². The summed E-state index contributed by atoms with van der Waals surface area (Å²) in [6, 6.07) is 4.57. The first kappa shape index (κ1) is 11.4. The summed E-state index contributed by atoms with van der Waals surface area (Å²) in [4.78, 5) is 0. The van der Waals surface area contributed by atoms with Crippen LogP contribution in [0.1, 0.15) is 24.4 Å². The van der Waals surface area contributed by atoms with Crippen molar-refractivity contribution in [2.75, 3.05) is 13.7 Å². The van der Waals surface area contributed by atoms with Crippen molar-refractivity contribution in [2.24, 2.45) is 0 Å². The second-order valence-electron chi connectivity index (χ2n) is 3.66. The Morgan fingerprint density at radius 2 is 2.20 bits per heavy atom. The van der Waals surface area contributed by atoms with E-state index < -0.39 is 0 Å². The molecule has 0 aliphatic carbocycles. The molecule has 82 valence electrons. The van der Waals surface area contributed by atoms with Crippen molar-refractivity contribution in [1.82, 2.24) is 5.32 Å². The normalized spacial score (nSPS) is 20.6. The van der Waals surface area contributed by atoms with Gasteiger partial charge in [0.2, 0.25) is 0 Å². The fourth-order valence-corrected chi connectivity index (χ4v) is 3.42. The van der Waals surface area contributed by atoms with Gasteiger partial charge in [0.25, 0.3) is 0 Å². The minimum atomic E-state index is 0.425. The summed E-state index contributed by atoms with van der Waals surface area (Å²) in [7, 11) is 1.71. The van der Waals surface area contributed by atoms with Gasteiger partial charge in [0.05, 0.1) is 11.6 Å². The summed E-state index contributed by atoms with van der Waals surface area (Å²) < 4.78 is 7.52. The van der Waals surface area contributed by atoms with E-state index in [4.69, 9.17) is 4.74 Å². The minimum Gasteiger partial charge on any atom is -0.495 e. The molecular weight excluding hydrogens is 322 g/mol. The number of nitrogens with one attached hydrogen (secondary N) is 1. The van der Waals surface area contributed by atoms with Gasteiger partial charge >= 0.3 is 0 Å². The zero-order chi connectivity index (χ0) is 10.8. The maximum atomic E-state index is 5.44. The molecule has 1 saturated heterocycles. The molecule has 0 radical (unpaired) electrons. The van der Waals surface area contributed by atoms with E-state index in [1.54, 1.807) is 7.11 Å². The van der Waals surface area contributed by atoms with E-state index in [1.807, 2.05) is 6.07 Å². The lowest BCUT2D eigenvalue weighted by Crippen LogP contribution is -2.14. The Balaban J connectivity index is 2.42. The largest absolute Gasteiger partial charge is 0.495 e. The zero-order valence-corrected chi connectivity index (χ0v) is 11.7. The van der Waals surface area contributed by atoms with Gasteiger partial charge in [0, 0.05) is 16.1 Å². The van der Waals surface area contributed by atoms with E-state index >= 15 is 0 Å². The van der Waals surface area contributed by atoms with Crippen LogP contribution in [0.3, 0.4) is 0 Å². The molecule has 4 heteroatoms. The zero-order valence-electron chi connectivity index (χ0n) is 8.52. The average molecular weight is 335 g/mol. The predicted octanol–water partition coefficient (Wildman–Crippen LogP) is 3.64. The molecule has 0 unspecified atom stereocenters. The molecule has 1 atom stereocenters. The van der Waals surface area contributed by atoms with Crippen molar-refractivity contribution < 1.29 is 4.74 Å². The molecule has 1 aliphatic heterocycles. The predicted molar refractivity (Wildman–Crippen MR) is 68.4 cm³/mol. The Kier molecular flexibility index (Phi) is 3.69. The summed E-state index contributed by atoms with van der Waals surface area (Å²) in [5.74, 6) is 0.942. The van der Waals surface area contributed by atoms with Crippen LogP contribution in [-0.2, 0) is 0 Å². The van der Waals surface area contributed by atoms with Gasteiger partial charge in [0.15, 0.2) is 0 Å². The van der Waals surface area contributed by atoms with Crippen LogP contribution in [0, 0.1) is 0 Å². The lowest BCUT2D eigenvalue weighted by Gasteiger charge is -2.16. The van der Waals surface area contributed by atoms with Crippen molar-refractivity contribution >= 4 is 31.9 Å². The van der Waals surface area contributed by atoms with Crippen LogP contribution in [0.25, 0.3) is 0 Å².